The Hall–Kier alpha value is -2.94. The second kappa shape index (κ2) is 10.5. The highest BCUT2D eigenvalue weighted by Gasteiger charge is 2.29. The van der Waals surface area contributed by atoms with E-state index in [2.05, 4.69) is 14.8 Å². The number of anilines is 1. The van der Waals surface area contributed by atoms with Gasteiger partial charge in [-0.1, -0.05) is 12.5 Å². The van der Waals surface area contributed by atoms with E-state index in [-0.39, 0.29) is 12.5 Å². The summed E-state index contributed by atoms with van der Waals surface area (Å²) in [7, 11) is 0. The first kappa shape index (κ1) is 22.8. The van der Waals surface area contributed by atoms with Gasteiger partial charge in [0.15, 0.2) is 6.61 Å². The predicted molar refractivity (Wildman–Crippen MR) is 126 cm³/mol. The summed E-state index contributed by atoms with van der Waals surface area (Å²) in [6.45, 7) is 4.33. The number of piperazine rings is 1. The highest BCUT2D eigenvalue weighted by Crippen LogP contribution is 2.26. The Kier molecular flexibility index (Phi) is 7.08. The molecule has 9 heteroatoms. The molecule has 1 saturated carbocycles. The molecule has 1 aliphatic carbocycles. The summed E-state index contributed by atoms with van der Waals surface area (Å²) in [5.74, 6) is 1.58. The molecule has 0 bridgehead atoms. The lowest BCUT2D eigenvalue weighted by molar-refractivity contribution is -0.133. The predicted octanol–water partition coefficient (Wildman–Crippen LogP) is 2.46. The SMILES string of the molecule is O=C(COc1cccc(OCF)c1)N1CCc2cnc(N3CCN(C4CCC4)CC3)nc2CC1. The van der Waals surface area contributed by atoms with Crippen molar-refractivity contribution in [2.75, 3.05) is 57.6 Å². The number of aromatic nitrogens is 2. The number of rotatable bonds is 7. The van der Waals surface area contributed by atoms with Gasteiger partial charge in [-0.25, -0.2) is 14.4 Å². The molecular weight excluding hydrogens is 437 g/mol. The first-order valence-corrected chi connectivity index (χ1v) is 12.2. The quantitative estimate of drug-likeness (QED) is 0.617. The Balaban J connectivity index is 1.14. The number of alkyl halides is 1. The van der Waals surface area contributed by atoms with Crippen molar-refractivity contribution in [1.82, 2.24) is 19.8 Å². The van der Waals surface area contributed by atoms with Crippen molar-refractivity contribution < 1.29 is 18.7 Å². The second-order valence-corrected chi connectivity index (χ2v) is 9.15. The summed E-state index contributed by atoms with van der Waals surface area (Å²) >= 11 is 0. The highest BCUT2D eigenvalue weighted by atomic mass is 19.1. The molecule has 1 amide bonds. The van der Waals surface area contributed by atoms with Crippen molar-refractivity contribution in [2.24, 2.45) is 0 Å². The zero-order chi connectivity index (χ0) is 23.3. The molecule has 2 fully saturated rings. The van der Waals surface area contributed by atoms with Gasteiger partial charge in [0.1, 0.15) is 11.5 Å². The summed E-state index contributed by atoms with van der Waals surface area (Å²) in [6.07, 6.45) is 7.43. The van der Waals surface area contributed by atoms with Gasteiger partial charge in [0.05, 0.1) is 5.69 Å². The third kappa shape index (κ3) is 5.24. The number of benzene rings is 1. The van der Waals surface area contributed by atoms with Crippen LogP contribution in [0.2, 0.25) is 0 Å². The second-order valence-electron chi connectivity index (χ2n) is 9.15. The molecule has 0 spiro atoms. The van der Waals surface area contributed by atoms with E-state index in [4.69, 9.17) is 14.5 Å². The van der Waals surface area contributed by atoms with E-state index in [0.717, 1.165) is 55.8 Å². The van der Waals surface area contributed by atoms with Gasteiger partial charge >= 0.3 is 0 Å². The molecule has 0 N–H and O–H groups in total. The van der Waals surface area contributed by atoms with Crippen LogP contribution in [0.25, 0.3) is 0 Å². The standard InChI is InChI=1S/C25H32FN5O3/c26-18-34-22-6-2-5-21(15-22)33-17-24(32)30-9-7-19-16-27-25(28-23(19)8-10-30)31-13-11-29(12-14-31)20-3-1-4-20/h2,5-6,15-16,20H,1,3-4,7-14,17-18H2. The molecule has 3 heterocycles. The monoisotopic (exact) mass is 469 g/mol. The van der Waals surface area contributed by atoms with E-state index >= 15 is 0 Å². The van der Waals surface area contributed by atoms with Gasteiger partial charge in [0.25, 0.3) is 5.91 Å². The van der Waals surface area contributed by atoms with Crippen LogP contribution in [0.3, 0.4) is 0 Å². The zero-order valence-electron chi connectivity index (χ0n) is 19.5. The number of nitrogens with zero attached hydrogens (tertiary/aromatic N) is 5. The van der Waals surface area contributed by atoms with E-state index in [1.54, 1.807) is 24.3 Å². The molecule has 5 rings (SSSR count). The number of fused-ring (bicyclic) bond motifs is 1. The maximum Gasteiger partial charge on any atom is 0.260 e. The maximum absolute atomic E-state index is 12.8. The average molecular weight is 470 g/mol. The fourth-order valence-corrected chi connectivity index (χ4v) is 4.86. The van der Waals surface area contributed by atoms with E-state index in [1.807, 2.05) is 11.1 Å². The minimum absolute atomic E-state index is 0.0718. The molecule has 1 saturated heterocycles. The fourth-order valence-electron chi connectivity index (χ4n) is 4.86. The Morgan fingerprint density at radius 3 is 2.53 bits per heavy atom. The minimum atomic E-state index is -0.905. The number of ether oxygens (including phenoxy) is 2. The third-order valence-electron chi connectivity index (χ3n) is 7.14. The Morgan fingerprint density at radius 2 is 1.79 bits per heavy atom. The summed E-state index contributed by atoms with van der Waals surface area (Å²) in [5, 5.41) is 0. The van der Waals surface area contributed by atoms with Gasteiger partial charge in [0, 0.05) is 64.0 Å². The molecule has 0 atom stereocenters. The van der Waals surface area contributed by atoms with Crippen molar-refractivity contribution in [3.05, 3.63) is 41.7 Å². The molecule has 0 unspecified atom stereocenters. The van der Waals surface area contributed by atoms with Gasteiger partial charge in [-0.2, -0.15) is 0 Å². The molecular formula is C25H32FN5O3. The van der Waals surface area contributed by atoms with Crippen molar-refractivity contribution in [3.63, 3.8) is 0 Å². The summed E-state index contributed by atoms with van der Waals surface area (Å²) < 4.78 is 22.8. The van der Waals surface area contributed by atoms with Crippen LogP contribution < -0.4 is 14.4 Å². The average Bonchev–Trinajstić information content (AvgIpc) is 3.05. The van der Waals surface area contributed by atoms with Crippen LogP contribution >= 0.6 is 0 Å². The minimum Gasteiger partial charge on any atom is -0.484 e. The summed E-state index contributed by atoms with van der Waals surface area (Å²) in [4.78, 5) is 29.1. The molecule has 1 aromatic heterocycles. The van der Waals surface area contributed by atoms with Gasteiger partial charge in [0.2, 0.25) is 12.8 Å². The number of hydrogen-bond acceptors (Lipinski definition) is 7. The smallest absolute Gasteiger partial charge is 0.260 e. The number of halogens is 1. The van der Waals surface area contributed by atoms with Crippen LogP contribution in [-0.4, -0.2) is 84.5 Å². The van der Waals surface area contributed by atoms with E-state index in [1.165, 1.54) is 19.3 Å². The molecule has 3 aliphatic rings. The van der Waals surface area contributed by atoms with Crippen LogP contribution in [-0.2, 0) is 17.6 Å². The lowest BCUT2D eigenvalue weighted by Gasteiger charge is -2.43. The third-order valence-corrected chi connectivity index (χ3v) is 7.14. The van der Waals surface area contributed by atoms with Crippen LogP contribution in [0.15, 0.2) is 30.5 Å². The van der Waals surface area contributed by atoms with E-state index < -0.39 is 6.86 Å². The molecule has 0 radical (unpaired) electrons. The molecule has 2 aliphatic heterocycles. The number of amides is 1. The fraction of sp³-hybridized carbons (Fsp3) is 0.560. The van der Waals surface area contributed by atoms with Gasteiger partial charge in [-0.05, 0) is 37.0 Å². The van der Waals surface area contributed by atoms with Crippen LogP contribution in [0.1, 0.15) is 30.5 Å². The normalized spacial score (nSPS) is 19.2. The van der Waals surface area contributed by atoms with Crippen molar-refractivity contribution in [1.29, 1.82) is 0 Å². The number of carbonyl (C=O) groups excluding carboxylic acids is 1. The van der Waals surface area contributed by atoms with E-state index in [9.17, 15) is 9.18 Å². The molecule has 34 heavy (non-hydrogen) atoms. The molecule has 182 valence electrons. The lowest BCUT2D eigenvalue weighted by Crippen LogP contribution is -2.52. The molecule has 8 nitrogen and oxygen atoms in total. The van der Waals surface area contributed by atoms with Crippen molar-refractivity contribution in [2.45, 2.75) is 38.1 Å². The number of hydrogen-bond donors (Lipinski definition) is 0. The summed E-state index contributed by atoms with van der Waals surface area (Å²) in [5.41, 5.74) is 2.16. The lowest BCUT2D eigenvalue weighted by atomic mass is 9.91. The Labute approximate surface area is 199 Å². The topological polar surface area (TPSA) is 71.0 Å². The Morgan fingerprint density at radius 1 is 1.03 bits per heavy atom. The highest BCUT2D eigenvalue weighted by molar-refractivity contribution is 5.78. The van der Waals surface area contributed by atoms with Gasteiger partial charge < -0.3 is 19.3 Å². The van der Waals surface area contributed by atoms with Crippen LogP contribution in [0, 0.1) is 0 Å². The molecule has 1 aromatic carbocycles. The van der Waals surface area contributed by atoms with Crippen molar-refractivity contribution >= 4 is 11.9 Å². The van der Waals surface area contributed by atoms with Gasteiger partial charge in [-0.3, -0.25) is 9.69 Å². The first-order valence-electron chi connectivity index (χ1n) is 12.2. The van der Waals surface area contributed by atoms with E-state index in [0.29, 0.717) is 31.0 Å². The summed E-state index contributed by atoms with van der Waals surface area (Å²) in [6, 6.07) is 7.43. The number of carbonyl (C=O) groups is 1. The first-order chi connectivity index (χ1) is 16.7. The van der Waals surface area contributed by atoms with Crippen LogP contribution in [0.4, 0.5) is 10.3 Å². The maximum atomic E-state index is 12.8. The van der Waals surface area contributed by atoms with Gasteiger partial charge in [-0.15, -0.1) is 0 Å². The molecule has 2 aromatic rings. The van der Waals surface area contributed by atoms with Crippen LogP contribution in [0.5, 0.6) is 11.5 Å². The van der Waals surface area contributed by atoms with Crippen molar-refractivity contribution in [3.8, 4) is 11.5 Å². The Bertz CT molecular complexity index is 994. The largest absolute Gasteiger partial charge is 0.484 e. The zero-order valence-corrected chi connectivity index (χ0v) is 19.5.